The van der Waals surface area contributed by atoms with Crippen LogP contribution in [-0.4, -0.2) is 33.4 Å². The van der Waals surface area contributed by atoms with Gasteiger partial charge in [-0.05, 0) is 60.4 Å². The van der Waals surface area contributed by atoms with Crippen LogP contribution in [0.1, 0.15) is 39.3 Å². The number of nitrogens with zero attached hydrogens (tertiary/aromatic N) is 1. The van der Waals surface area contributed by atoms with Gasteiger partial charge in [0, 0.05) is 18.0 Å². The van der Waals surface area contributed by atoms with E-state index in [1.54, 1.807) is 0 Å². The van der Waals surface area contributed by atoms with Crippen molar-refractivity contribution >= 4 is 61.0 Å². The van der Waals surface area contributed by atoms with Crippen LogP contribution in [0.25, 0.3) is 5.57 Å². The first-order valence-corrected chi connectivity index (χ1v) is 13.2. The second-order valence-electron chi connectivity index (χ2n) is 8.63. The van der Waals surface area contributed by atoms with Crippen LogP contribution in [0.4, 0.5) is 23.2 Å². The number of pyridine rings is 1. The summed E-state index contributed by atoms with van der Waals surface area (Å²) < 4.78 is 73.0. The van der Waals surface area contributed by atoms with Crippen molar-refractivity contribution in [3.63, 3.8) is 0 Å². The molecule has 4 rings (SSSR count). The average molecular weight is 644 g/mol. The molecule has 16 heteroatoms. The van der Waals surface area contributed by atoms with E-state index in [1.165, 1.54) is 30.7 Å². The Bertz CT molecular complexity index is 1550. The van der Waals surface area contributed by atoms with E-state index in [0.717, 1.165) is 24.3 Å². The van der Waals surface area contributed by atoms with E-state index in [9.17, 15) is 22.8 Å². The van der Waals surface area contributed by atoms with Gasteiger partial charge in [-0.15, -0.1) is 51.1 Å². The fourth-order valence-electron chi connectivity index (χ4n) is 3.80. The van der Waals surface area contributed by atoms with Crippen molar-refractivity contribution in [1.82, 2.24) is 4.98 Å². The zero-order chi connectivity index (χ0) is 30.7. The standard InChI is InChI=1S/C26H21F4N3O6S3/c27-17-8-14(13-2-1-7-36-12-13)9-21(22(17)24(35)33-15-5-6-32-18(10-15)23(31)34)37-19-4-3-16(38-25(28,29)30)11-20(19)39-26(40,41)42/h3-6,8-12,40-42H,1-2,7H2,(H2,31,34)(H,32,33,35). The summed E-state index contributed by atoms with van der Waals surface area (Å²) in [5, 5.41) is 2.45. The van der Waals surface area contributed by atoms with Gasteiger partial charge >= 0.3 is 6.36 Å². The monoisotopic (exact) mass is 643 g/mol. The van der Waals surface area contributed by atoms with Gasteiger partial charge < -0.3 is 30.0 Å². The van der Waals surface area contributed by atoms with E-state index in [4.69, 9.17) is 19.9 Å². The highest BCUT2D eigenvalue weighted by Gasteiger charge is 2.32. The van der Waals surface area contributed by atoms with Gasteiger partial charge in [-0.1, -0.05) is 0 Å². The number of aromatic nitrogens is 1. The second-order valence-corrected chi connectivity index (χ2v) is 11.6. The van der Waals surface area contributed by atoms with Crippen molar-refractivity contribution in [3.8, 4) is 23.0 Å². The molecule has 1 aliphatic heterocycles. The molecule has 3 aromatic rings. The molecule has 0 unspecified atom stereocenters. The molecule has 0 aliphatic carbocycles. The van der Waals surface area contributed by atoms with Crippen LogP contribution in [-0.2, 0) is 4.74 Å². The minimum Gasteiger partial charge on any atom is -0.501 e. The normalized spacial score (nSPS) is 13.5. The Hall–Kier alpha value is -3.76. The maximum atomic E-state index is 15.6. The summed E-state index contributed by atoms with van der Waals surface area (Å²) in [5.41, 5.74) is 5.52. The molecule has 0 fully saturated rings. The van der Waals surface area contributed by atoms with Gasteiger partial charge in [0.15, 0.2) is 11.5 Å². The van der Waals surface area contributed by atoms with Gasteiger partial charge in [0.1, 0.15) is 28.6 Å². The summed E-state index contributed by atoms with van der Waals surface area (Å²) in [7, 11) is 0. The van der Waals surface area contributed by atoms with Crippen LogP contribution in [0.3, 0.4) is 0 Å². The first-order valence-electron chi connectivity index (χ1n) is 11.8. The molecule has 2 aromatic carbocycles. The summed E-state index contributed by atoms with van der Waals surface area (Å²) in [4.78, 5) is 28.6. The highest BCUT2D eigenvalue weighted by Crippen LogP contribution is 2.42. The number of nitrogens with one attached hydrogen (secondary N) is 1. The molecule has 1 aliphatic rings. The summed E-state index contributed by atoms with van der Waals surface area (Å²) in [5.74, 6) is -4.49. The van der Waals surface area contributed by atoms with Crippen molar-refractivity contribution in [2.24, 2.45) is 5.73 Å². The Kier molecular flexibility index (Phi) is 9.37. The third kappa shape index (κ3) is 8.39. The molecule has 0 bridgehead atoms. The van der Waals surface area contributed by atoms with E-state index >= 15 is 4.39 Å². The van der Waals surface area contributed by atoms with Gasteiger partial charge in [-0.3, -0.25) is 14.6 Å². The van der Waals surface area contributed by atoms with Crippen molar-refractivity contribution in [2.75, 3.05) is 11.9 Å². The van der Waals surface area contributed by atoms with Gasteiger partial charge in [0.2, 0.25) is 3.60 Å². The number of thiol groups is 3. The number of alkyl halides is 3. The lowest BCUT2D eigenvalue weighted by molar-refractivity contribution is -0.274. The van der Waals surface area contributed by atoms with Gasteiger partial charge in [0.25, 0.3) is 11.8 Å². The number of ether oxygens (including phenoxy) is 4. The predicted octanol–water partition coefficient (Wildman–Crippen LogP) is 6.19. The van der Waals surface area contributed by atoms with Gasteiger partial charge in [-0.25, -0.2) is 4.39 Å². The molecule has 42 heavy (non-hydrogen) atoms. The van der Waals surface area contributed by atoms with Crippen LogP contribution in [0.15, 0.2) is 54.9 Å². The number of carbonyl (C=O) groups excluding carboxylic acids is 2. The Morgan fingerprint density at radius 3 is 2.40 bits per heavy atom. The second kappa shape index (κ2) is 12.6. The number of nitrogens with two attached hydrogens (primary N) is 1. The highest BCUT2D eigenvalue weighted by atomic mass is 32.2. The van der Waals surface area contributed by atoms with Crippen LogP contribution in [0.5, 0.6) is 23.0 Å². The summed E-state index contributed by atoms with van der Waals surface area (Å²) in [6, 6.07) is 7.81. The molecule has 1 aromatic heterocycles. The quantitative estimate of drug-likeness (QED) is 0.107. The fraction of sp³-hybridized carbons (Fsp3) is 0.192. The largest absolute Gasteiger partial charge is 0.573 e. The summed E-state index contributed by atoms with van der Waals surface area (Å²) in [6.45, 7) is 0.473. The number of halogens is 4. The molecular weight excluding hydrogens is 622 g/mol. The molecule has 222 valence electrons. The highest BCUT2D eigenvalue weighted by molar-refractivity contribution is 8.16. The molecule has 0 saturated heterocycles. The number of anilines is 1. The number of amides is 2. The third-order valence-electron chi connectivity index (χ3n) is 5.47. The lowest BCUT2D eigenvalue weighted by Gasteiger charge is -2.22. The lowest BCUT2D eigenvalue weighted by Crippen LogP contribution is -2.18. The minimum atomic E-state index is -5.01. The smallest absolute Gasteiger partial charge is 0.501 e. The first kappa shape index (κ1) is 31.2. The number of benzene rings is 2. The molecule has 0 spiro atoms. The number of carbonyl (C=O) groups is 2. The molecule has 9 nitrogen and oxygen atoms in total. The number of allylic oxidation sites excluding steroid dienone is 1. The fourth-order valence-corrected chi connectivity index (χ4v) is 4.09. The number of primary amides is 1. The van der Waals surface area contributed by atoms with E-state index in [0.29, 0.717) is 30.6 Å². The number of hydrogen-bond donors (Lipinski definition) is 5. The molecule has 2 amide bonds. The van der Waals surface area contributed by atoms with Gasteiger partial charge in [0.05, 0.1) is 12.9 Å². The molecule has 0 radical (unpaired) electrons. The minimum absolute atomic E-state index is 0.0734. The van der Waals surface area contributed by atoms with Gasteiger partial charge in [-0.2, -0.15) is 0 Å². The maximum absolute atomic E-state index is 15.6. The first-order chi connectivity index (χ1) is 19.7. The maximum Gasteiger partial charge on any atom is 0.573 e. The van der Waals surface area contributed by atoms with E-state index in [2.05, 4.69) is 52.9 Å². The van der Waals surface area contributed by atoms with Crippen LogP contribution < -0.4 is 25.3 Å². The Labute approximate surface area is 252 Å². The Morgan fingerprint density at radius 1 is 1.00 bits per heavy atom. The summed E-state index contributed by atoms with van der Waals surface area (Å²) >= 11 is 12.0. The average Bonchev–Trinajstić information content (AvgIpc) is 2.88. The SMILES string of the molecule is NC(=O)c1cc(NC(=O)c2c(F)cc(C3=COCCC3)cc2Oc2ccc(OC(F)(F)F)cc2OC(S)(S)S)ccn1. The summed E-state index contributed by atoms with van der Waals surface area (Å²) in [6.07, 6.45) is -1.15. The third-order valence-corrected chi connectivity index (χ3v) is 5.75. The van der Waals surface area contributed by atoms with Crippen molar-refractivity contribution in [2.45, 2.75) is 22.8 Å². The van der Waals surface area contributed by atoms with Crippen LogP contribution in [0, 0.1) is 5.82 Å². The van der Waals surface area contributed by atoms with Crippen molar-refractivity contribution < 1.29 is 46.1 Å². The van der Waals surface area contributed by atoms with Crippen molar-refractivity contribution in [3.05, 3.63) is 77.6 Å². The molecule has 0 atom stereocenters. The zero-order valence-electron chi connectivity index (χ0n) is 21.1. The molecular formula is C26H21F4N3O6S3. The lowest BCUT2D eigenvalue weighted by atomic mass is 9.98. The van der Waals surface area contributed by atoms with E-state index < -0.39 is 38.9 Å². The van der Waals surface area contributed by atoms with Crippen molar-refractivity contribution in [1.29, 1.82) is 0 Å². The van der Waals surface area contributed by atoms with E-state index in [-0.39, 0.29) is 28.6 Å². The van der Waals surface area contributed by atoms with Crippen LogP contribution >= 0.6 is 37.9 Å². The molecule has 0 saturated carbocycles. The zero-order valence-corrected chi connectivity index (χ0v) is 23.8. The Morgan fingerprint density at radius 2 is 1.76 bits per heavy atom. The predicted molar refractivity (Wildman–Crippen MR) is 154 cm³/mol. The van der Waals surface area contributed by atoms with Crippen LogP contribution in [0.2, 0.25) is 0 Å². The Balaban J connectivity index is 1.79. The topological polar surface area (TPSA) is 122 Å². The number of hydrogen-bond acceptors (Lipinski definition) is 10. The van der Waals surface area contributed by atoms with E-state index in [1.807, 2.05) is 0 Å². The molecule has 3 N–H and O–H groups in total. The molecule has 2 heterocycles. The number of rotatable bonds is 9.